The SMILES string of the molecule is Fc1ccc(O[C@H](c2ccccn2)[C@H]2CNCCO2)c(F)c1. The van der Waals surface area contributed by atoms with Gasteiger partial charge in [0, 0.05) is 25.4 Å². The number of rotatable bonds is 4. The molecule has 0 amide bonds. The molecule has 2 atom stereocenters. The zero-order valence-corrected chi connectivity index (χ0v) is 11.8. The van der Waals surface area contributed by atoms with Crippen molar-refractivity contribution in [2.75, 3.05) is 19.7 Å². The van der Waals surface area contributed by atoms with Crippen molar-refractivity contribution in [3.8, 4) is 5.75 Å². The lowest BCUT2D eigenvalue weighted by atomic mass is 10.1. The quantitative estimate of drug-likeness (QED) is 0.942. The molecule has 4 nitrogen and oxygen atoms in total. The van der Waals surface area contributed by atoms with Crippen molar-refractivity contribution in [3.05, 3.63) is 59.9 Å². The van der Waals surface area contributed by atoms with Gasteiger partial charge in [-0.05, 0) is 24.3 Å². The van der Waals surface area contributed by atoms with E-state index in [4.69, 9.17) is 9.47 Å². The van der Waals surface area contributed by atoms with Gasteiger partial charge in [0.15, 0.2) is 17.7 Å². The summed E-state index contributed by atoms with van der Waals surface area (Å²) in [6, 6.07) is 8.65. The lowest BCUT2D eigenvalue weighted by Crippen LogP contribution is -2.43. The molecule has 0 unspecified atom stereocenters. The van der Waals surface area contributed by atoms with Crippen molar-refractivity contribution >= 4 is 0 Å². The van der Waals surface area contributed by atoms with Crippen LogP contribution in [-0.2, 0) is 4.74 Å². The van der Waals surface area contributed by atoms with Gasteiger partial charge in [-0.3, -0.25) is 4.98 Å². The number of nitrogens with one attached hydrogen (secondary N) is 1. The van der Waals surface area contributed by atoms with Gasteiger partial charge in [-0.25, -0.2) is 8.78 Å². The molecule has 3 rings (SSSR count). The number of morpholine rings is 1. The zero-order chi connectivity index (χ0) is 15.4. The minimum atomic E-state index is -0.746. The molecule has 2 aromatic rings. The average Bonchev–Trinajstić information content (AvgIpc) is 2.56. The van der Waals surface area contributed by atoms with E-state index in [1.165, 1.54) is 6.07 Å². The Morgan fingerprint density at radius 2 is 2.18 bits per heavy atom. The van der Waals surface area contributed by atoms with Crippen molar-refractivity contribution in [3.63, 3.8) is 0 Å². The summed E-state index contributed by atoms with van der Waals surface area (Å²) >= 11 is 0. The first-order valence-electron chi connectivity index (χ1n) is 7.09. The molecular weight excluding hydrogens is 290 g/mol. The van der Waals surface area contributed by atoms with Gasteiger partial charge in [-0.15, -0.1) is 0 Å². The average molecular weight is 306 g/mol. The maximum Gasteiger partial charge on any atom is 0.168 e. The second kappa shape index (κ2) is 6.81. The van der Waals surface area contributed by atoms with Crippen molar-refractivity contribution in [2.45, 2.75) is 12.2 Å². The van der Waals surface area contributed by atoms with Crippen LogP contribution in [-0.4, -0.2) is 30.8 Å². The molecule has 22 heavy (non-hydrogen) atoms. The van der Waals surface area contributed by atoms with Crippen molar-refractivity contribution in [1.82, 2.24) is 10.3 Å². The second-order valence-electron chi connectivity index (χ2n) is 4.98. The van der Waals surface area contributed by atoms with Gasteiger partial charge in [0.1, 0.15) is 11.9 Å². The predicted octanol–water partition coefficient (Wildman–Crippen LogP) is 2.47. The first kappa shape index (κ1) is 14.9. The molecule has 0 saturated carbocycles. The summed E-state index contributed by atoms with van der Waals surface area (Å²) < 4.78 is 38.3. The van der Waals surface area contributed by atoms with Gasteiger partial charge < -0.3 is 14.8 Å². The third-order valence-corrected chi connectivity index (χ3v) is 3.42. The molecule has 0 aliphatic carbocycles. The Balaban J connectivity index is 1.87. The van der Waals surface area contributed by atoms with E-state index in [1.807, 2.05) is 6.07 Å². The number of nitrogens with zero attached hydrogens (tertiary/aromatic N) is 1. The van der Waals surface area contributed by atoms with Gasteiger partial charge in [0.05, 0.1) is 12.3 Å². The monoisotopic (exact) mass is 306 g/mol. The number of hydrogen-bond donors (Lipinski definition) is 1. The largest absolute Gasteiger partial charge is 0.478 e. The molecule has 1 N–H and O–H groups in total. The molecule has 1 aliphatic rings. The molecule has 1 aromatic carbocycles. The van der Waals surface area contributed by atoms with Crippen molar-refractivity contribution < 1.29 is 18.3 Å². The fourth-order valence-electron chi connectivity index (χ4n) is 2.36. The summed E-state index contributed by atoms with van der Waals surface area (Å²) in [6.07, 6.45) is 0.769. The minimum absolute atomic E-state index is 0.0220. The Morgan fingerprint density at radius 3 is 2.86 bits per heavy atom. The summed E-state index contributed by atoms with van der Waals surface area (Å²) in [5.41, 5.74) is 0.639. The molecule has 1 aromatic heterocycles. The Hall–Kier alpha value is -2.05. The van der Waals surface area contributed by atoms with Crippen LogP contribution in [0.3, 0.4) is 0 Å². The minimum Gasteiger partial charge on any atom is -0.478 e. The van der Waals surface area contributed by atoms with Crippen LogP contribution in [0.2, 0.25) is 0 Å². The highest BCUT2D eigenvalue weighted by Crippen LogP contribution is 2.28. The van der Waals surface area contributed by atoms with Gasteiger partial charge in [0.25, 0.3) is 0 Å². The van der Waals surface area contributed by atoms with E-state index in [0.29, 0.717) is 18.8 Å². The third kappa shape index (κ3) is 3.40. The van der Waals surface area contributed by atoms with E-state index >= 15 is 0 Å². The highest BCUT2D eigenvalue weighted by Gasteiger charge is 2.29. The van der Waals surface area contributed by atoms with Crippen LogP contribution in [0, 0.1) is 11.6 Å². The summed E-state index contributed by atoms with van der Waals surface area (Å²) in [5.74, 6) is -1.41. The van der Waals surface area contributed by atoms with E-state index < -0.39 is 17.7 Å². The van der Waals surface area contributed by atoms with E-state index in [1.54, 1.807) is 18.3 Å². The van der Waals surface area contributed by atoms with E-state index in [9.17, 15) is 8.78 Å². The van der Waals surface area contributed by atoms with E-state index in [2.05, 4.69) is 10.3 Å². The van der Waals surface area contributed by atoms with Gasteiger partial charge in [-0.1, -0.05) is 6.07 Å². The van der Waals surface area contributed by atoms with Crippen LogP contribution in [0.15, 0.2) is 42.6 Å². The Morgan fingerprint density at radius 1 is 1.27 bits per heavy atom. The smallest absolute Gasteiger partial charge is 0.168 e. The number of benzene rings is 1. The summed E-state index contributed by atoms with van der Waals surface area (Å²) in [7, 11) is 0. The van der Waals surface area contributed by atoms with Gasteiger partial charge >= 0.3 is 0 Å². The molecule has 0 spiro atoms. The molecule has 2 heterocycles. The number of aromatic nitrogens is 1. The van der Waals surface area contributed by atoms with Crippen molar-refractivity contribution in [1.29, 1.82) is 0 Å². The highest BCUT2D eigenvalue weighted by atomic mass is 19.1. The third-order valence-electron chi connectivity index (χ3n) is 3.42. The van der Waals surface area contributed by atoms with Crippen LogP contribution in [0.4, 0.5) is 8.78 Å². The van der Waals surface area contributed by atoms with Crippen LogP contribution in [0.1, 0.15) is 11.8 Å². The summed E-state index contributed by atoms with van der Waals surface area (Å²) in [4.78, 5) is 4.27. The summed E-state index contributed by atoms with van der Waals surface area (Å²) in [6.45, 7) is 1.88. The Labute approximate surface area is 127 Å². The number of pyridine rings is 1. The van der Waals surface area contributed by atoms with Crippen molar-refractivity contribution in [2.24, 2.45) is 0 Å². The van der Waals surface area contributed by atoms with Crippen LogP contribution in [0.5, 0.6) is 5.75 Å². The van der Waals surface area contributed by atoms with Crippen LogP contribution in [0.25, 0.3) is 0 Å². The van der Waals surface area contributed by atoms with Crippen LogP contribution < -0.4 is 10.1 Å². The number of hydrogen-bond acceptors (Lipinski definition) is 4. The van der Waals surface area contributed by atoms with Gasteiger partial charge in [-0.2, -0.15) is 0 Å². The van der Waals surface area contributed by atoms with Gasteiger partial charge in [0.2, 0.25) is 0 Å². The molecule has 0 radical (unpaired) electrons. The number of ether oxygens (including phenoxy) is 2. The molecule has 0 bridgehead atoms. The summed E-state index contributed by atoms with van der Waals surface area (Å²) in [5, 5.41) is 3.21. The lowest BCUT2D eigenvalue weighted by Gasteiger charge is -2.31. The van der Waals surface area contributed by atoms with Crippen LogP contribution >= 0.6 is 0 Å². The topological polar surface area (TPSA) is 43.4 Å². The second-order valence-corrected chi connectivity index (χ2v) is 4.98. The molecular formula is C16H16F2N2O2. The molecule has 1 fully saturated rings. The molecule has 116 valence electrons. The van der Waals surface area contributed by atoms with E-state index in [0.717, 1.165) is 18.7 Å². The fraction of sp³-hybridized carbons (Fsp3) is 0.312. The van der Waals surface area contributed by atoms with E-state index in [-0.39, 0.29) is 11.9 Å². The maximum atomic E-state index is 13.9. The normalized spacial score (nSPS) is 19.6. The Bertz CT molecular complexity index is 619. The highest BCUT2D eigenvalue weighted by molar-refractivity contribution is 5.26. The standard InChI is InChI=1S/C16H16F2N2O2/c17-11-4-5-14(12(18)9-11)22-16(13-3-1-2-6-20-13)15-10-19-7-8-21-15/h1-6,9,15-16,19H,7-8,10H2/t15-,16-/m1/s1. The lowest BCUT2D eigenvalue weighted by molar-refractivity contribution is -0.0457. The maximum absolute atomic E-state index is 13.9. The predicted molar refractivity (Wildman–Crippen MR) is 76.6 cm³/mol. The first-order valence-corrected chi connectivity index (χ1v) is 7.09. The molecule has 1 saturated heterocycles. The zero-order valence-electron chi connectivity index (χ0n) is 11.8. The number of halogens is 2. The Kier molecular flexibility index (Phi) is 4.60. The molecule has 1 aliphatic heterocycles. The molecule has 6 heteroatoms. The fourth-order valence-corrected chi connectivity index (χ4v) is 2.36. The first-order chi connectivity index (χ1) is 10.7.